The van der Waals surface area contributed by atoms with Crippen LogP contribution in [0.2, 0.25) is 0 Å². The first-order valence-electron chi connectivity index (χ1n) is 5.29. The van der Waals surface area contributed by atoms with Gasteiger partial charge in [-0.25, -0.2) is 0 Å². The van der Waals surface area contributed by atoms with E-state index >= 15 is 0 Å². The minimum Gasteiger partial charge on any atom is -0.319 e. The summed E-state index contributed by atoms with van der Waals surface area (Å²) in [5.74, 6) is 0.865. The topological polar surface area (TPSA) is 15.3 Å². The number of benzene rings is 1. The van der Waals surface area contributed by atoms with Crippen LogP contribution in [0.3, 0.4) is 0 Å². The lowest BCUT2D eigenvalue weighted by Crippen LogP contribution is -2.49. The SMILES string of the molecule is CNCC1CN(Cc2ccccc2)C1. The molecule has 0 bridgehead atoms. The number of nitrogens with one attached hydrogen (secondary N) is 1. The van der Waals surface area contributed by atoms with Crippen LogP contribution in [-0.2, 0) is 6.54 Å². The van der Waals surface area contributed by atoms with E-state index in [1.54, 1.807) is 0 Å². The molecule has 1 N–H and O–H groups in total. The Morgan fingerprint density at radius 2 is 2.00 bits per heavy atom. The standard InChI is InChI=1S/C12H18N2/c1-13-7-12-9-14(10-12)8-11-5-3-2-4-6-11/h2-6,12-13H,7-10H2,1H3. The highest BCUT2D eigenvalue weighted by molar-refractivity contribution is 5.14. The van der Waals surface area contributed by atoms with Crippen LogP contribution in [0.25, 0.3) is 0 Å². The summed E-state index contributed by atoms with van der Waals surface area (Å²) in [5.41, 5.74) is 1.43. The summed E-state index contributed by atoms with van der Waals surface area (Å²) >= 11 is 0. The summed E-state index contributed by atoms with van der Waals surface area (Å²) < 4.78 is 0. The number of nitrogens with zero attached hydrogens (tertiary/aromatic N) is 1. The molecule has 2 rings (SSSR count). The highest BCUT2D eigenvalue weighted by Crippen LogP contribution is 2.17. The molecule has 1 aromatic carbocycles. The fourth-order valence-electron chi connectivity index (χ4n) is 2.07. The molecule has 76 valence electrons. The molecule has 2 nitrogen and oxygen atoms in total. The lowest BCUT2D eigenvalue weighted by atomic mass is 9.99. The minimum atomic E-state index is 0.865. The molecule has 1 saturated heterocycles. The third-order valence-corrected chi connectivity index (χ3v) is 2.77. The Bertz CT molecular complexity index is 265. The minimum absolute atomic E-state index is 0.865. The lowest BCUT2D eigenvalue weighted by molar-refractivity contribution is 0.0932. The molecular weight excluding hydrogens is 172 g/mol. The molecule has 0 spiro atoms. The van der Waals surface area contributed by atoms with Gasteiger partial charge in [0.15, 0.2) is 0 Å². The number of rotatable bonds is 4. The van der Waals surface area contributed by atoms with Gasteiger partial charge in [-0.05, 0) is 18.5 Å². The zero-order valence-corrected chi connectivity index (χ0v) is 8.74. The van der Waals surface area contributed by atoms with Crippen LogP contribution in [0.15, 0.2) is 30.3 Å². The Hall–Kier alpha value is -0.860. The molecule has 0 saturated carbocycles. The second-order valence-corrected chi connectivity index (χ2v) is 4.10. The molecule has 1 aliphatic heterocycles. The van der Waals surface area contributed by atoms with Gasteiger partial charge in [0.1, 0.15) is 0 Å². The molecule has 1 fully saturated rings. The van der Waals surface area contributed by atoms with E-state index in [0.717, 1.165) is 19.0 Å². The van der Waals surface area contributed by atoms with Gasteiger partial charge in [0.05, 0.1) is 0 Å². The summed E-state index contributed by atoms with van der Waals surface area (Å²) in [6.45, 7) is 4.76. The van der Waals surface area contributed by atoms with Crippen LogP contribution in [0.5, 0.6) is 0 Å². The molecule has 14 heavy (non-hydrogen) atoms. The van der Waals surface area contributed by atoms with E-state index < -0.39 is 0 Å². The van der Waals surface area contributed by atoms with E-state index in [9.17, 15) is 0 Å². The van der Waals surface area contributed by atoms with Crippen LogP contribution in [0, 0.1) is 5.92 Å². The van der Waals surface area contributed by atoms with Crippen LogP contribution in [0.4, 0.5) is 0 Å². The Labute approximate surface area is 85.9 Å². The maximum atomic E-state index is 3.23. The summed E-state index contributed by atoms with van der Waals surface area (Å²) in [5, 5.41) is 3.23. The molecule has 0 atom stereocenters. The highest BCUT2D eigenvalue weighted by Gasteiger charge is 2.25. The van der Waals surface area contributed by atoms with Crippen molar-refractivity contribution in [3.8, 4) is 0 Å². The van der Waals surface area contributed by atoms with Crippen molar-refractivity contribution in [2.45, 2.75) is 6.54 Å². The zero-order chi connectivity index (χ0) is 9.80. The Morgan fingerprint density at radius 1 is 1.29 bits per heavy atom. The Kier molecular flexibility index (Phi) is 3.17. The maximum Gasteiger partial charge on any atom is 0.0234 e. The molecule has 0 unspecified atom stereocenters. The maximum absolute atomic E-state index is 3.23. The molecule has 0 aromatic heterocycles. The van der Waals surface area contributed by atoms with Gasteiger partial charge in [-0.15, -0.1) is 0 Å². The molecular formula is C12H18N2. The summed E-state index contributed by atoms with van der Waals surface area (Å²) in [7, 11) is 2.03. The molecule has 0 radical (unpaired) electrons. The first-order chi connectivity index (χ1) is 6.88. The van der Waals surface area contributed by atoms with E-state index in [1.807, 2.05) is 7.05 Å². The van der Waals surface area contributed by atoms with E-state index in [1.165, 1.54) is 18.7 Å². The van der Waals surface area contributed by atoms with Crippen molar-refractivity contribution in [3.63, 3.8) is 0 Å². The van der Waals surface area contributed by atoms with Gasteiger partial charge in [0.2, 0.25) is 0 Å². The Balaban J connectivity index is 1.74. The predicted molar refractivity (Wildman–Crippen MR) is 59.1 cm³/mol. The van der Waals surface area contributed by atoms with E-state index in [-0.39, 0.29) is 0 Å². The fourth-order valence-corrected chi connectivity index (χ4v) is 2.07. The largest absolute Gasteiger partial charge is 0.319 e. The first-order valence-corrected chi connectivity index (χ1v) is 5.29. The van der Waals surface area contributed by atoms with Crippen LogP contribution in [-0.4, -0.2) is 31.6 Å². The van der Waals surface area contributed by atoms with Crippen molar-refractivity contribution in [1.82, 2.24) is 10.2 Å². The van der Waals surface area contributed by atoms with Gasteiger partial charge in [-0.2, -0.15) is 0 Å². The van der Waals surface area contributed by atoms with Gasteiger partial charge in [-0.3, -0.25) is 4.90 Å². The third-order valence-electron chi connectivity index (χ3n) is 2.77. The predicted octanol–water partition coefficient (Wildman–Crippen LogP) is 1.34. The number of hydrogen-bond donors (Lipinski definition) is 1. The van der Waals surface area contributed by atoms with E-state index in [2.05, 4.69) is 40.5 Å². The normalized spacial score (nSPS) is 18.1. The second kappa shape index (κ2) is 4.58. The number of hydrogen-bond acceptors (Lipinski definition) is 2. The van der Waals surface area contributed by atoms with Crippen molar-refractivity contribution in [2.24, 2.45) is 5.92 Å². The van der Waals surface area contributed by atoms with Gasteiger partial charge in [0.25, 0.3) is 0 Å². The van der Waals surface area contributed by atoms with Crippen LogP contribution >= 0.6 is 0 Å². The average molecular weight is 190 g/mol. The van der Waals surface area contributed by atoms with Gasteiger partial charge in [0, 0.05) is 26.2 Å². The molecule has 1 aliphatic rings. The van der Waals surface area contributed by atoms with Crippen molar-refractivity contribution in [2.75, 3.05) is 26.7 Å². The molecule has 0 amide bonds. The van der Waals surface area contributed by atoms with Crippen molar-refractivity contribution < 1.29 is 0 Å². The van der Waals surface area contributed by atoms with Gasteiger partial charge < -0.3 is 5.32 Å². The third kappa shape index (κ3) is 2.34. The molecule has 1 aromatic rings. The second-order valence-electron chi connectivity index (χ2n) is 4.10. The van der Waals surface area contributed by atoms with E-state index in [4.69, 9.17) is 0 Å². The summed E-state index contributed by atoms with van der Waals surface area (Å²) in [4.78, 5) is 2.50. The van der Waals surface area contributed by atoms with Crippen molar-refractivity contribution in [3.05, 3.63) is 35.9 Å². The smallest absolute Gasteiger partial charge is 0.0234 e. The van der Waals surface area contributed by atoms with E-state index in [0.29, 0.717) is 0 Å². The molecule has 1 heterocycles. The highest BCUT2D eigenvalue weighted by atomic mass is 15.2. The number of likely N-dealkylation sites (tertiary alicyclic amines) is 1. The molecule has 2 heteroatoms. The lowest BCUT2D eigenvalue weighted by Gasteiger charge is -2.39. The summed E-state index contributed by atoms with van der Waals surface area (Å²) in [6, 6.07) is 10.7. The summed E-state index contributed by atoms with van der Waals surface area (Å²) in [6.07, 6.45) is 0. The van der Waals surface area contributed by atoms with Crippen molar-refractivity contribution in [1.29, 1.82) is 0 Å². The zero-order valence-electron chi connectivity index (χ0n) is 8.74. The van der Waals surface area contributed by atoms with Gasteiger partial charge >= 0.3 is 0 Å². The monoisotopic (exact) mass is 190 g/mol. The first kappa shape index (κ1) is 9.69. The van der Waals surface area contributed by atoms with Crippen molar-refractivity contribution >= 4 is 0 Å². The van der Waals surface area contributed by atoms with Crippen LogP contribution in [0.1, 0.15) is 5.56 Å². The molecule has 0 aliphatic carbocycles. The Morgan fingerprint density at radius 3 is 2.64 bits per heavy atom. The fraction of sp³-hybridized carbons (Fsp3) is 0.500. The average Bonchev–Trinajstić information content (AvgIpc) is 2.16. The quantitative estimate of drug-likeness (QED) is 0.770. The van der Waals surface area contributed by atoms with Gasteiger partial charge in [-0.1, -0.05) is 30.3 Å². The van der Waals surface area contributed by atoms with Crippen LogP contribution < -0.4 is 5.32 Å².